The summed E-state index contributed by atoms with van der Waals surface area (Å²) >= 11 is 0. The van der Waals surface area contributed by atoms with Gasteiger partial charge in [0.15, 0.2) is 5.67 Å². The Labute approximate surface area is 287 Å². The summed E-state index contributed by atoms with van der Waals surface area (Å²) in [5, 5.41) is 12.7. The molecule has 0 spiro atoms. The van der Waals surface area contributed by atoms with Gasteiger partial charge in [-0.3, -0.25) is 19.4 Å². The number of amides is 1. The summed E-state index contributed by atoms with van der Waals surface area (Å²) in [5.74, 6) is -0.566. The van der Waals surface area contributed by atoms with Crippen LogP contribution in [-0.4, -0.2) is 93.0 Å². The van der Waals surface area contributed by atoms with Crippen molar-refractivity contribution in [3.63, 3.8) is 0 Å². The van der Waals surface area contributed by atoms with Gasteiger partial charge in [0, 0.05) is 57.2 Å². The standard InChI is InChI=1S/C38H48F3N5O3/c1-26(47)43-22-38(31-6-4-7-32(39)17-31,35-8-3-5-27(35)16-36(48)49-2)30-11-13-44(14-12-30)23-37(41)24-46(25-37)34-10-9-28(18-42)29(15-34)19-45-20-33(40)21-45/h4,6-7,9-10,15,17,27,30,33,35H,3,5,8,11-14,16,19-25H2,1-2H3,(H,43,47)/t27-,35+,38+/m1/s1. The van der Waals surface area contributed by atoms with Gasteiger partial charge in [-0.25, -0.2) is 13.2 Å². The number of carbonyl (C=O) groups excluding carboxylic acids is 2. The smallest absolute Gasteiger partial charge is 0.305 e. The first-order valence-electron chi connectivity index (χ1n) is 17.6. The van der Waals surface area contributed by atoms with Crippen molar-refractivity contribution < 1.29 is 27.5 Å². The molecule has 6 rings (SSSR count). The van der Waals surface area contributed by atoms with Crippen LogP contribution in [0, 0.1) is 34.9 Å². The number of methoxy groups -OCH3 is 1. The Hall–Kier alpha value is -3.62. The van der Waals surface area contributed by atoms with Crippen molar-refractivity contribution in [3.05, 3.63) is 65.0 Å². The van der Waals surface area contributed by atoms with E-state index >= 15 is 4.39 Å². The van der Waals surface area contributed by atoms with E-state index < -0.39 is 17.3 Å². The number of anilines is 1. The summed E-state index contributed by atoms with van der Waals surface area (Å²) in [6, 6.07) is 14.5. The number of nitrogens with zero attached hydrogens (tertiary/aromatic N) is 4. The highest BCUT2D eigenvalue weighted by Crippen LogP contribution is 2.53. The molecule has 3 saturated heterocycles. The SMILES string of the molecule is COC(=O)C[C@H]1CCC[C@@H]1[C@](CNC(C)=O)(c1cccc(F)c1)C1CCN(CC2(F)CN(c3ccc(C#N)c(CN4CC(F)C4)c3)C2)CC1. The Morgan fingerprint density at radius 3 is 2.49 bits per heavy atom. The molecule has 2 aromatic rings. The van der Waals surface area contributed by atoms with Gasteiger partial charge in [-0.2, -0.15) is 5.26 Å². The van der Waals surface area contributed by atoms with E-state index in [9.17, 15) is 23.6 Å². The molecule has 1 saturated carbocycles. The van der Waals surface area contributed by atoms with E-state index in [0.29, 0.717) is 51.4 Å². The summed E-state index contributed by atoms with van der Waals surface area (Å²) in [7, 11) is 1.40. The first-order chi connectivity index (χ1) is 23.5. The number of benzene rings is 2. The Kier molecular flexibility index (Phi) is 10.6. The highest BCUT2D eigenvalue weighted by molar-refractivity contribution is 5.73. The Bertz CT molecular complexity index is 1550. The fourth-order valence-electron chi connectivity index (χ4n) is 9.26. The van der Waals surface area contributed by atoms with Gasteiger partial charge in [0.2, 0.25) is 5.91 Å². The van der Waals surface area contributed by atoms with Crippen molar-refractivity contribution in [2.45, 2.75) is 69.2 Å². The molecule has 8 nitrogen and oxygen atoms in total. The third kappa shape index (κ3) is 7.60. The fourth-order valence-corrected chi connectivity index (χ4v) is 9.26. The molecule has 1 amide bonds. The van der Waals surface area contributed by atoms with E-state index in [2.05, 4.69) is 16.3 Å². The van der Waals surface area contributed by atoms with Crippen LogP contribution in [-0.2, 0) is 26.3 Å². The minimum absolute atomic E-state index is 0.0429. The van der Waals surface area contributed by atoms with Gasteiger partial charge in [-0.05, 0) is 98.0 Å². The zero-order valence-corrected chi connectivity index (χ0v) is 28.6. The Morgan fingerprint density at radius 1 is 1.08 bits per heavy atom. The summed E-state index contributed by atoms with van der Waals surface area (Å²) < 4.78 is 49.5. The van der Waals surface area contributed by atoms with Gasteiger partial charge < -0.3 is 15.0 Å². The molecule has 0 unspecified atom stereocenters. The molecule has 11 heteroatoms. The van der Waals surface area contributed by atoms with Crippen LogP contribution in [0.4, 0.5) is 18.9 Å². The van der Waals surface area contributed by atoms with Gasteiger partial charge in [-0.1, -0.05) is 18.6 Å². The topological polar surface area (TPSA) is 88.9 Å². The van der Waals surface area contributed by atoms with Crippen LogP contribution in [0.2, 0.25) is 0 Å². The third-order valence-corrected chi connectivity index (χ3v) is 11.6. The normalized spacial score (nSPS) is 24.4. The molecule has 49 heavy (non-hydrogen) atoms. The van der Waals surface area contributed by atoms with Gasteiger partial charge in [0.05, 0.1) is 31.8 Å². The lowest BCUT2D eigenvalue weighted by Crippen LogP contribution is -2.64. The Morgan fingerprint density at radius 2 is 1.84 bits per heavy atom. The van der Waals surface area contributed by atoms with Crippen LogP contribution >= 0.6 is 0 Å². The molecule has 4 fully saturated rings. The number of likely N-dealkylation sites (tertiary alicyclic amines) is 2. The highest BCUT2D eigenvalue weighted by Gasteiger charge is 2.53. The number of nitrogens with one attached hydrogen (secondary N) is 1. The quantitative estimate of drug-likeness (QED) is 0.311. The minimum atomic E-state index is -1.38. The van der Waals surface area contributed by atoms with Gasteiger partial charge in [-0.15, -0.1) is 0 Å². The van der Waals surface area contributed by atoms with Crippen molar-refractivity contribution >= 4 is 17.6 Å². The maximum atomic E-state index is 16.2. The molecule has 3 aliphatic heterocycles. The molecule has 2 aromatic carbocycles. The first kappa shape index (κ1) is 35.2. The summed E-state index contributed by atoms with van der Waals surface area (Å²) in [6.07, 6.45) is 3.66. The largest absolute Gasteiger partial charge is 0.469 e. The fraction of sp³-hybridized carbons (Fsp3) is 0.605. The first-order valence-corrected chi connectivity index (χ1v) is 17.6. The molecule has 264 valence electrons. The monoisotopic (exact) mass is 679 g/mol. The molecule has 4 aliphatic rings. The van der Waals surface area contributed by atoms with Gasteiger partial charge in [0.25, 0.3) is 0 Å². The maximum Gasteiger partial charge on any atom is 0.305 e. The van der Waals surface area contributed by atoms with Crippen molar-refractivity contribution in [2.24, 2.45) is 17.8 Å². The molecular weight excluding hydrogens is 631 g/mol. The molecule has 3 heterocycles. The van der Waals surface area contributed by atoms with Crippen LogP contribution < -0.4 is 10.2 Å². The van der Waals surface area contributed by atoms with Crippen molar-refractivity contribution in [1.82, 2.24) is 15.1 Å². The number of piperidine rings is 1. The van der Waals surface area contributed by atoms with E-state index in [0.717, 1.165) is 48.9 Å². The molecule has 3 atom stereocenters. The number of esters is 1. The van der Waals surface area contributed by atoms with Crippen LogP contribution in [0.3, 0.4) is 0 Å². The van der Waals surface area contributed by atoms with Crippen molar-refractivity contribution in [2.75, 3.05) is 64.4 Å². The van der Waals surface area contributed by atoms with E-state index in [-0.39, 0.29) is 55.0 Å². The average Bonchev–Trinajstić information content (AvgIpc) is 3.52. The number of alkyl halides is 2. The van der Waals surface area contributed by atoms with Gasteiger partial charge >= 0.3 is 5.97 Å². The number of rotatable bonds is 12. The summed E-state index contributed by atoms with van der Waals surface area (Å²) in [5.41, 5.74) is 1.13. The molecule has 0 radical (unpaired) electrons. The zero-order valence-electron chi connectivity index (χ0n) is 28.6. The predicted molar refractivity (Wildman–Crippen MR) is 181 cm³/mol. The Balaban J connectivity index is 1.15. The molecular formula is C38H48F3N5O3. The number of ether oxygens (including phenoxy) is 1. The van der Waals surface area contributed by atoms with E-state index in [4.69, 9.17) is 4.74 Å². The number of hydrogen-bond donors (Lipinski definition) is 1. The lowest BCUT2D eigenvalue weighted by atomic mass is 9.57. The van der Waals surface area contributed by atoms with Crippen LogP contribution in [0.5, 0.6) is 0 Å². The predicted octanol–water partition coefficient (Wildman–Crippen LogP) is 5.14. The van der Waals surface area contributed by atoms with Crippen LogP contribution in [0.1, 0.15) is 62.1 Å². The second-order valence-corrected chi connectivity index (χ2v) is 14.8. The second-order valence-electron chi connectivity index (χ2n) is 14.8. The van der Waals surface area contributed by atoms with E-state index in [1.807, 2.05) is 28.0 Å². The maximum absolute atomic E-state index is 16.2. The molecule has 0 aromatic heterocycles. The number of hydrogen-bond acceptors (Lipinski definition) is 7. The van der Waals surface area contributed by atoms with E-state index in [1.54, 1.807) is 18.2 Å². The lowest BCUT2D eigenvalue weighted by molar-refractivity contribution is -0.142. The molecule has 1 N–H and O–H groups in total. The van der Waals surface area contributed by atoms with Crippen LogP contribution in [0.15, 0.2) is 42.5 Å². The number of carbonyl (C=O) groups is 2. The summed E-state index contributed by atoms with van der Waals surface area (Å²) in [4.78, 5) is 31.0. The number of halogens is 3. The molecule has 1 aliphatic carbocycles. The average molecular weight is 680 g/mol. The lowest BCUT2D eigenvalue weighted by Gasteiger charge is -2.52. The van der Waals surface area contributed by atoms with Gasteiger partial charge in [0.1, 0.15) is 12.0 Å². The molecule has 0 bridgehead atoms. The highest BCUT2D eigenvalue weighted by atomic mass is 19.1. The van der Waals surface area contributed by atoms with Crippen molar-refractivity contribution in [3.8, 4) is 6.07 Å². The minimum Gasteiger partial charge on any atom is -0.469 e. The number of nitriles is 1. The van der Waals surface area contributed by atoms with E-state index in [1.165, 1.54) is 20.1 Å². The second kappa shape index (κ2) is 14.7. The van der Waals surface area contributed by atoms with Crippen LogP contribution in [0.25, 0.3) is 0 Å². The third-order valence-electron chi connectivity index (χ3n) is 11.6. The van der Waals surface area contributed by atoms with Crippen molar-refractivity contribution in [1.29, 1.82) is 5.26 Å². The summed E-state index contributed by atoms with van der Waals surface area (Å²) in [6.45, 7) is 5.24. The zero-order chi connectivity index (χ0) is 34.8.